The lowest BCUT2D eigenvalue weighted by atomic mass is 10.1. The molecule has 1 aliphatic heterocycles. The lowest BCUT2D eigenvalue weighted by Gasteiger charge is -2.23. The number of rotatable bonds is 5. The summed E-state index contributed by atoms with van der Waals surface area (Å²) in [7, 11) is 0. The van der Waals surface area contributed by atoms with Gasteiger partial charge >= 0.3 is 0 Å². The Bertz CT molecular complexity index is 1050. The molecule has 11 heteroatoms. The number of piperidine rings is 1. The van der Waals surface area contributed by atoms with Crippen LogP contribution in [0.15, 0.2) is 34.8 Å². The van der Waals surface area contributed by atoms with Crippen molar-refractivity contribution in [1.82, 2.24) is 15.3 Å². The number of nitrogens with zero attached hydrogens (tertiary/aromatic N) is 2. The number of benzene rings is 1. The normalized spacial score (nSPS) is 13.7. The first-order valence-electron chi connectivity index (χ1n) is 10.4. The molecule has 3 heterocycles. The first kappa shape index (κ1) is 29.7. The number of hydrogen-bond donors (Lipinski definition) is 1. The standard InChI is InChI=1S/C18H18FN3OS2.C5H10O2.2H2O/c1-24-12-2-3-13(15(19)8-12)14-9-25-17-16(14)21-10-22-18(17)23-11-4-6-20-7-5-11;1-5(2,3)7-4-6;;/h2-3,8-11,20H,4-7H2,1H3;4H,1-3H3;2*1H2. The fourth-order valence-electron chi connectivity index (χ4n) is 3.16. The molecule has 34 heavy (non-hydrogen) atoms. The molecule has 8 nitrogen and oxygen atoms in total. The number of thioether (sulfide) groups is 1. The van der Waals surface area contributed by atoms with Crippen molar-refractivity contribution in [3.05, 3.63) is 35.7 Å². The van der Waals surface area contributed by atoms with E-state index in [9.17, 15) is 9.18 Å². The van der Waals surface area contributed by atoms with E-state index in [2.05, 4.69) is 20.0 Å². The first-order chi connectivity index (χ1) is 15.3. The quantitative estimate of drug-likeness (QED) is 0.406. The molecule has 4 rings (SSSR count). The van der Waals surface area contributed by atoms with Gasteiger partial charge in [0.25, 0.3) is 6.47 Å². The Morgan fingerprint density at radius 2 is 1.88 bits per heavy atom. The maximum atomic E-state index is 14.5. The number of carbonyl (C=O) groups is 1. The summed E-state index contributed by atoms with van der Waals surface area (Å²) < 4.78 is 26.0. The summed E-state index contributed by atoms with van der Waals surface area (Å²) in [5.74, 6) is 0.375. The van der Waals surface area contributed by atoms with Crippen LogP contribution in [0.4, 0.5) is 4.39 Å². The van der Waals surface area contributed by atoms with E-state index in [-0.39, 0.29) is 28.5 Å². The van der Waals surface area contributed by atoms with Crippen molar-refractivity contribution in [2.45, 2.75) is 50.2 Å². The zero-order chi connectivity index (χ0) is 23.1. The van der Waals surface area contributed by atoms with Crippen LogP contribution in [0.3, 0.4) is 0 Å². The zero-order valence-corrected chi connectivity index (χ0v) is 21.3. The molecule has 5 N–H and O–H groups in total. The van der Waals surface area contributed by atoms with Crippen molar-refractivity contribution >= 4 is 39.8 Å². The van der Waals surface area contributed by atoms with Crippen LogP contribution in [-0.2, 0) is 9.53 Å². The van der Waals surface area contributed by atoms with Crippen molar-refractivity contribution in [3.63, 3.8) is 0 Å². The lowest BCUT2D eigenvalue weighted by molar-refractivity contribution is -0.138. The van der Waals surface area contributed by atoms with Gasteiger partial charge in [-0.1, -0.05) is 6.07 Å². The highest BCUT2D eigenvalue weighted by atomic mass is 32.2. The third kappa shape index (κ3) is 7.88. The molecule has 0 bridgehead atoms. The minimum atomic E-state index is -0.318. The fourth-order valence-corrected chi connectivity index (χ4v) is 4.54. The Labute approximate surface area is 206 Å². The molecular weight excluding hydrogens is 481 g/mol. The maximum absolute atomic E-state index is 14.5. The number of fused-ring (bicyclic) bond motifs is 1. The molecule has 2 aromatic heterocycles. The maximum Gasteiger partial charge on any atom is 0.293 e. The Kier molecular flexibility index (Phi) is 11.8. The van der Waals surface area contributed by atoms with Gasteiger partial charge in [0.15, 0.2) is 0 Å². The van der Waals surface area contributed by atoms with Crippen molar-refractivity contribution in [2.75, 3.05) is 19.3 Å². The van der Waals surface area contributed by atoms with Gasteiger partial charge < -0.3 is 25.7 Å². The number of aromatic nitrogens is 2. The molecule has 1 saturated heterocycles. The third-order valence-corrected chi connectivity index (χ3v) is 6.44. The number of ether oxygens (including phenoxy) is 2. The van der Waals surface area contributed by atoms with E-state index >= 15 is 0 Å². The van der Waals surface area contributed by atoms with Gasteiger partial charge in [0.1, 0.15) is 28.5 Å². The van der Waals surface area contributed by atoms with Crippen LogP contribution >= 0.6 is 23.1 Å². The largest absolute Gasteiger partial charge is 0.473 e. The van der Waals surface area contributed by atoms with Crippen molar-refractivity contribution in [2.24, 2.45) is 0 Å². The minimum absolute atomic E-state index is 0. The summed E-state index contributed by atoms with van der Waals surface area (Å²) >= 11 is 3.03. The Hall–Kier alpha value is -2.31. The van der Waals surface area contributed by atoms with Crippen LogP contribution in [-0.4, -0.2) is 58.4 Å². The Morgan fingerprint density at radius 1 is 1.18 bits per heavy atom. The molecule has 0 saturated carbocycles. The van der Waals surface area contributed by atoms with Gasteiger partial charge in [0.2, 0.25) is 5.88 Å². The average molecular weight is 514 g/mol. The van der Waals surface area contributed by atoms with Gasteiger partial charge in [-0.3, -0.25) is 4.79 Å². The molecule has 0 spiro atoms. The predicted octanol–water partition coefficient (Wildman–Crippen LogP) is 3.66. The summed E-state index contributed by atoms with van der Waals surface area (Å²) in [6, 6.07) is 5.31. The van der Waals surface area contributed by atoms with E-state index in [4.69, 9.17) is 4.74 Å². The van der Waals surface area contributed by atoms with Gasteiger partial charge in [0.05, 0.1) is 5.52 Å². The molecule has 1 fully saturated rings. The zero-order valence-electron chi connectivity index (χ0n) is 19.7. The number of carbonyl (C=O) groups excluding carboxylic acids is 1. The van der Waals surface area contributed by atoms with Gasteiger partial charge in [-0.15, -0.1) is 23.1 Å². The number of hydrogen-bond acceptors (Lipinski definition) is 8. The smallest absolute Gasteiger partial charge is 0.293 e. The van der Waals surface area contributed by atoms with E-state index in [0.717, 1.165) is 46.6 Å². The topological polar surface area (TPSA) is 136 Å². The minimum Gasteiger partial charge on any atom is -0.473 e. The molecule has 188 valence electrons. The molecular formula is C23H32FN3O5S2. The van der Waals surface area contributed by atoms with Crippen LogP contribution in [0.1, 0.15) is 33.6 Å². The predicted molar refractivity (Wildman–Crippen MR) is 135 cm³/mol. The van der Waals surface area contributed by atoms with Crippen molar-refractivity contribution < 1.29 is 29.6 Å². The van der Waals surface area contributed by atoms with Crippen LogP contribution in [0, 0.1) is 5.82 Å². The molecule has 1 aromatic carbocycles. The Morgan fingerprint density at radius 3 is 2.44 bits per heavy atom. The van der Waals surface area contributed by atoms with Gasteiger partial charge in [-0.2, -0.15) is 0 Å². The SMILES string of the molecule is CC(C)(C)OC=O.CSc1ccc(-c2csc3c(OC4CCNCC4)ncnc23)c(F)c1.O.O. The second-order valence-electron chi connectivity index (χ2n) is 8.25. The Balaban J connectivity index is 0.000000567. The fraction of sp³-hybridized carbons (Fsp3) is 0.435. The van der Waals surface area contributed by atoms with E-state index in [1.807, 2.05) is 44.5 Å². The second-order valence-corrected chi connectivity index (χ2v) is 10.0. The van der Waals surface area contributed by atoms with Gasteiger partial charge in [-0.05, 0) is 65.1 Å². The number of halogens is 1. The monoisotopic (exact) mass is 513 g/mol. The molecule has 0 unspecified atom stereocenters. The first-order valence-corrected chi connectivity index (χ1v) is 12.5. The van der Waals surface area contributed by atoms with E-state index in [1.54, 1.807) is 6.07 Å². The number of nitrogens with one attached hydrogen (secondary N) is 1. The third-order valence-electron chi connectivity index (χ3n) is 4.75. The summed E-state index contributed by atoms with van der Waals surface area (Å²) in [5, 5.41) is 5.26. The summed E-state index contributed by atoms with van der Waals surface area (Å²) in [6.45, 7) is 7.84. The van der Waals surface area contributed by atoms with Crippen LogP contribution in [0.2, 0.25) is 0 Å². The summed E-state index contributed by atoms with van der Waals surface area (Å²) in [4.78, 5) is 19.2. The van der Waals surface area contributed by atoms with Crippen LogP contribution in [0.5, 0.6) is 5.88 Å². The summed E-state index contributed by atoms with van der Waals surface area (Å²) in [5.41, 5.74) is 1.79. The molecule has 0 amide bonds. The summed E-state index contributed by atoms with van der Waals surface area (Å²) in [6.07, 6.45) is 5.54. The van der Waals surface area contributed by atoms with Crippen LogP contribution in [0.25, 0.3) is 21.3 Å². The van der Waals surface area contributed by atoms with Gasteiger partial charge in [0, 0.05) is 21.4 Å². The average Bonchev–Trinajstić information content (AvgIpc) is 3.19. The second kappa shape index (κ2) is 13.5. The van der Waals surface area contributed by atoms with Crippen molar-refractivity contribution in [3.8, 4) is 17.0 Å². The van der Waals surface area contributed by atoms with Gasteiger partial charge in [-0.25, -0.2) is 14.4 Å². The highest BCUT2D eigenvalue weighted by Gasteiger charge is 2.20. The number of thiophene rings is 1. The highest BCUT2D eigenvalue weighted by molar-refractivity contribution is 7.98. The van der Waals surface area contributed by atoms with E-state index < -0.39 is 0 Å². The van der Waals surface area contributed by atoms with E-state index in [1.165, 1.54) is 29.4 Å². The van der Waals surface area contributed by atoms with E-state index in [0.29, 0.717) is 17.9 Å². The van der Waals surface area contributed by atoms with Crippen molar-refractivity contribution in [1.29, 1.82) is 0 Å². The molecule has 0 radical (unpaired) electrons. The van der Waals surface area contributed by atoms with Crippen LogP contribution < -0.4 is 10.1 Å². The highest BCUT2D eigenvalue weighted by Crippen LogP contribution is 2.38. The molecule has 3 aromatic rings. The molecule has 1 aliphatic rings. The molecule has 0 aliphatic carbocycles. The lowest BCUT2D eigenvalue weighted by Crippen LogP contribution is -2.34. The molecule has 0 atom stereocenters.